The van der Waals surface area contributed by atoms with Gasteiger partial charge in [-0.3, -0.25) is 0 Å². The van der Waals surface area contributed by atoms with E-state index >= 15 is 0 Å². The van der Waals surface area contributed by atoms with Crippen molar-refractivity contribution in [2.75, 3.05) is 0 Å². The molecule has 4 heteroatoms. The summed E-state index contributed by atoms with van der Waals surface area (Å²) in [5, 5.41) is 8.17. The van der Waals surface area contributed by atoms with Gasteiger partial charge in [0, 0.05) is 16.8 Å². The fraction of sp³-hybridized carbons (Fsp3) is 0. The molecule has 0 aliphatic heterocycles. The molecule has 0 nitrogen and oxygen atoms in total. The van der Waals surface area contributed by atoms with Crippen molar-refractivity contribution in [2.24, 2.45) is 0 Å². The molecule has 0 aromatic carbocycles. The van der Waals surface area contributed by atoms with Crippen LogP contribution in [0.25, 0.3) is 0 Å². The first-order valence-electron chi connectivity index (χ1n) is 2.94. The summed E-state index contributed by atoms with van der Waals surface area (Å²) >= 11 is 3.43. The second kappa shape index (κ2) is 10.5. The van der Waals surface area contributed by atoms with E-state index in [1.807, 2.05) is 45.8 Å². The maximum atomic E-state index is 2.04. The average Bonchev–Trinajstić information content (AvgIpc) is 2.67. The maximum absolute atomic E-state index is 2.04. The van der Waals surface area contributed by atoms with Crippen LogP contribution in [-0.4, -0.2) is 16.8 Å². The quantitative estimate of drug-likeness (QED) is 0.560. The molecule has 0 saturated heterocycles. The van der Waals surface area contributed by atoms with E-state index in [0.29, 0.717) is 0 Å². The summed E-state index contributed by atoms with van der Waals surface area (Å²) in [6.45, 7) is 0. The molecule has 6 radical (unpaired) electrons. The molecule has 2 rings (SSSR count). The van der Waals surface area contributed by atoms with Gasteiger partial charge in [-0.15, -0.1) is 0 Å². The minimum atomic E-state index is 0. The van der Waals surface area contributed by atoms with Gasteiger partial charge in [-0.1, -0.05) is 24.3 Å². The van der Waals surface area contributed by atoms with Gasteiger partial charge < -0.3 is 0 Å². The highest BCUT2D eigenvalue weighted by atomic mass is 32.1. The predicted molar refractivity (Wildman–Crippen MR) is 60.1 cm³/mol. The molecule has 12 heavy (non-hydrogen) atoms. The Morgan fingerprint density at radius 3 is 0.833 bits per heavy atom. The van der Waals surface area contributed by atoms with Gasteiger partial charge in [-0.25, -0.2) is 0 Å². The monoisotopic (exact) mass is 190 g/mol. The molecule has 0 atom stereocenters. The van der Waals surface area contributed by atoms with Crippen LogP contribution >= 0.6 is 22.7 Å². The molecule has 2 aromatic rings. The van der Waals surface area contributed by atoms with Crippen molar-refractivity contribution in [3.8, 4) is 0 Å². The fourth-order valence-corrected chi connectivity index (χ4v) is 1.36. The van der Waals surface area contributed by atoms with E-state index in [0.717, 1.165) is 0 Å². The number of rotatable bonds is 0. The zero-order valence-electron chi connectivity index (χ0n) is 6.59. The standard InChI is InChI=1S/2C4H4S.2B/c2*1-2-4-5-3-1;;/h2*1-4H;;. The topological polar surface area (TPSA) is 0 Å². The molecule has 0 amide bonds. The van der Waals surface area contributed by atoms with Crippen molar-refractivity contribution < 1.29 is 0 Å². The Labute approximate surface area is 85.4 Å². The summed E-state index contributed by atoms with van der Waals surface area (Å²) in [7, 11) is 0. The fourth-order valence-electron chi connectivity index (χ4n) is 0.454. The van der Waals surface area contributed by atoms with Gasteiger partial charge in [-0.2, -0.15) is 22.7 Å². The highest BCUT2D eigenvalue weighted by Crippen LogP contribution is 1.92. The van der Waals surface area contributed by atoms with Crippen LogP contribution in [0, 0.1) is 0 Å². The molecule has 58 valence electrons. The zero-order chi connectivity index (χ0) is 7.07. The Morgan fingerprint density at radius 1 is 0.500 bits per heavy atom. The number of hydrogen-bond donors (Lipinski definition) is 0. The van der Waals surface area contributed by atoms with Gasteiger partial charge in [0.1, 0.15) is 0 Å². The third-order valence-corrected chi connectivity index (χ3v) is 2.11. The summed E-state index contributed by atoms with van der Waals surface area (Å²) in [6, 6.07) is 8.07. The molecule has 0 spiro atoms. The van der Waals surface area contributed by atoms with Gasteiger partial charge in [0.25, 0.3) is 0 Å². The zero-order valence-corrected chi connectivity index (χ0v) is 8.22. The predicted octanol–water partition coefficient (Wildman–Crippen LogP) is 2.73. The molecule has 2 heterocycles. The minimum absolute atomic E-state index is 0. The van der Waals surface area contributed by atoms with Crippen LogP contribution in [0.2, 0.25) is 0 Å². The Hall–Kier alpha value is -0.470. The van der Waals surface area contributed by atoms with Crippen LogP contribution in [0.5, 0.6) is 0 Å². The summed E-state index contributed by atoms with van der Waals surface area (Å²) in [4.78, 5) is 0. The lowest BCUT2D eigenvalue weighted by Gasteiger charge is -1.39. The van der Waals surface area contributed by atoms with Crippen LogP contribution in [0.1, 0.15) is 0 Å². The van der Waals surface area contributed by atoms with Crippen LogP contribution in [-0.2, 0) is 0 Å². The van der Waals surface area contributed by atoms with E-state index in [4.69, 9.17) is 0 Å². The van der Waals surface area contributed by atoms with Crippen molar-refractivity contribution in [3.05, 3.63) is 45.8 Å². The first-order chi connectivity index (χ1) is 5.00. The number of hydrogen-bond acceptors (Lipinski definition) is 2. The summed E-state index contributed by atoms with van der Waals surface area (Å²) < 4.78 is 0. The van der Waals surface area contributed by atoms with E-state index in [2.05, 4.69) is 0 Å². The second-order valence-electron chi connectivity index (χ2n) is 1.59. The molecule has 0 N–H and O–H groups in total. The molecular weight excluding hydrogens is 182 g/mol. The largest absolute Gasteiger partial charge is 0.152 e. The molecule has 0 bridgehead atoms. The van der Waals surface area contributed by atoms with Crippen molar-refractivity contribution in [2.45, 2.75) is 0 Å². The van der Waals surface area contributed by atoms with E-state index < -0.39 is 0 Å². The molecule has 2 aromatic heterocycles. The number of thiophene rings is 2. The molecule has 0 fully saturated rings. The van der Waals surface area contributed by atoms with Crippen LogP contribution in [0.3, 0.4) is 0 Å². The van der Waals surface area contributed by atoms with E-state index in [9.17, 15) is 0 Å². The van der Waals surface area contributed by atoms with Gasteiger partial charge >= 0.3 is 0 Å². The van der Waals surface area contributed by atoms with Crippen molar-refractivity contribution in [1.29, 1.82) is 0 Å². The van der Waals surface area contributed by atoms with Gasteiger partial charge in [-0.05, 0) is 21.5 Å². The molecule has 0 aliphatic rings. The van der Waals surface area contributed by atoms with Crippen molar-refractivity contribution in [1.82, 2.24) is 0 Å². The van der Waals surface area contributed by atoms with E-state index in [-0.39, 0.29) is 16.8 Å². The Kier molecular flexibility index (Phi) is 12.4. The van der Waals surface area contributed by atoms with Crippen molar-refractivity contribution in [3.63, 3.8) is 0 Å². The van der Waals surface area contributed by atoms with Crippen LogP contribution in [0.15, 0.2) is 45.8 Å². The average molecular weight is 190 g/mol. The van der Waals surface area contributed by atoms with Gasteiger partial charge in [0.2, 0.25) is 0 Å². The Morgan fingerprint density at radius 2 is 0.750 bits per heavy atom. The molecular formula is C8H8B2S2. The van der Waals surface area contributed by atoms with Crippen LogP contribution < -0.4 is 0 Å². The van der Waals surface area contributed by atoms with Gasteiger partial charge in [0.05, 0.1) is 0 Å². The van der Waals surface area contributed by atoms with Gasteiger partial charge in [0.15, 0.2) is 0 Å². The first kappa shape index (κ1) is 14.1. The lowest BCUT2D eigenvalue weighted by Crippen LogP contribution is -1.16. The van der Waals surface area contributed by atoms with Crippen LogP contribution in [0.4, 0.5) is 0 Å². The Balaban J connectivity index is 0. The van der Waals surface area contributed by atoms with Crippen molar-refractivity contribution >= 4 is 39.5 Å². The van der Waals surface area contributed by atoms with E-state index in [1.54, 1.807) is 22.7 Å². The smallest absolute Gasteiger partial charge is 0 e. The highest BCUT2D eigenvalue weighted by molar-refractivity contribution is 7.08. The molecule has 0 saturated carbocycles. The summed E-state index contributed by atoms with van der Waals surface area (Å²) in [6.07, 6.45) is 0. The Bertz CT molecular complexity index is 154. The third kappa shape index (κ3) is 7.63. The SMILES string of the molecule is [B].[B].c1ccsc1.c1ccsc1. The lowest BCUT2D eigenvalue weighted by atomic mass is 10.7. The molecule has 0 aliphatic carbocycles. The maximum Gasteiger partial charge on any atom is 0 e. The van der Waals surface area contributed by atoms with E-state index in [1.165, 1.54) is 0 Å². The minimum Gasteiger partial charge on any atom is -0.152 e. The second-order valence-corrected chi connectivity index (χ2v) is 3.22. The summed E-state index contributed by atoms with van der Waals surface area (Å²) in [5.41, 5.74) is 0. The summed E-state index contributed by atoms with van der Waals surface area (Å²) in [5.74, 6) is 0. The third-order valence-electron chi connectivity index (χ3n) is 0.851. The molecule has 0 unspecified atom stereocenters. The highest BCUT2D eigenvalue weighted by Gasteiger charge is 1.59. The lowest BCUT2D eigenvalue weighted by molar-refractivity contribution is 2.03. The first-order valence-corrected chi connectivity index (χ1v) is 4.83. The normalized spacial score (nSPS) is 6.67.